The lowest BCUT2D eigenvalue weighted by Gasteiger charge is -2.05. The van der Waals surface area contributed by atoms with Crippen molar-refractivity contribution in [3.05, 3.63) is 41.6 Å². The molecule has 0 spiro atoms. The van der Waals surface area contributed by atoms with Gasteiger partial charge in [-0.2, -0.15) is 0 Å². The van der Waals surface area contributed by atoms with E-state index in [1.54, 1.807) is 22.7 Å². The number of aryl methyl sites for hydroxylation is 1. The second-order valence-electron chi connectivity index (χ2n) is 3.10. The Hall–Kier alpha value is 0.650. The summed E-state index contributed by atoms with van der Waals surface area (Å²) in [7, 11) is 0. The van der Waals surface area contributed by atoms with Crippen LogP contribution in [-0.2, 0) is 0 Å². The fourth-order valence-electron chi connectivity index (χ4n) is 1.22. The van der Waals surface area contributed by atoms with Crippen molar-refractivity contribution >= 4 is 66.1 Å². The molecule has 80 valence electrons. The van der Waals surface area contributed by atoms with Gasteiger partial charge < -0.3 is 0 Å². The van der Waals surface area contributed by atoms with E-state index in [0.29, 0.717) is 0 Å². The first-order chi connectivity index (χ1) is 7.09. The fourth-order valence-corrected chi connectivity index (χ4v) is 5.39. The molecule has 2 aromatic rings. The molecule has 0 radical (unpaired) electrons. The molecule has 0 saturated heterocycles. The van der Waals surface area contributed by atoms with E-state index in [1.807, 2.05) is 6.92 Å². The SMILES string of the molecule is Cc1cc(C(Br)c2sccc2Br)sc1Cl. The van der Waals surface area contributed by atoms with Crippen LogP contribution in [0.25, 0.3) is 0 Å². The highest BCUT2D eigenvalue weighted by molar-refractivity contribution is 9.11. The molecule has 0 aliphatic carbocycles. The molecule has 1 atom stereocenters. The zero-order chi connectivity index (χ0) is 11.0. The molecular weight excluding hydrogens is 380 g/mol. The minimum absolute atomic E-state index is 0.239. The van der Waals surface area contributed by atoms with Crippen LogP contribution in [0, 0.1) is 6.92 Å². The molecule has 0 aliphatic heterocycles. The Bertz CT molecular complexity index is 456. The molecule has 2 aromatic heterocycles. The molecule has 0 aromatic carbocycles. The molecule has 0 fully saturated rings. The standard InChI is InChI=1S/C10H7Br2ClS2/c1-5-4-7(15-10(5)13)8(12)9-6(11)2-3-14-9/h2-4,8H,1H3. The quantitative estimate of drug-likeness (QED) is 0.554. The lowest BCUT2D eigenvalue weighted by Crippen LogP contribution is -1.85. The van der Waals surface area contributed by atoms with Gasteiger partial charge in [-0.15, -0.1) is 22.7 Å². The number of halogens is 3. The largest absolute Gasteiger partial charge is 0.146 e. The van der Waals surface area contributed by atoms with Crippen LogP contribution in [0.1, 0.15) is 20.1 Å². The highest BCUT2D eigenvalue weighted by Gasteiger charge is 2.17. The van der Waals surface area contributed by atoms with Crippen molar-refractivity contribution in [1.82, 2.24) is 0 Å². The molecule has 15 heavy (non-hydrogen) atoms. The van der Waals surface area contributed by atoms with Crippen molar-refractivity contribution in [3.63, 3.8) is 0 Å². The zero-order valence-corrected chi connectivity index (χ0v) is 13.3. The Kier molecular flexibility index (Phi) is 3.94. The van der Waals surface area contributed by atoms with E-state index in [1.165, 1.54) is 9.75 Å². The lowest BCUT2D eigenvalue weighted by atomic mass is 10.2. The summed E-state index contributed by atoms with van der Waals surface area (Å²) < 4.78 is 2.03. The van der Waals surface area contributed by atoms with E-state index in [9.17, 15) is 0 Å². The highest BCUT2D eigenvalue weighted by Crippen LogP contribution is 2.43. The first kappa shape index (κ1) is 12.1. The van der Waals surface area contributed by atoms with Crippen LogP contribution in [0.15, 0.2) is 22.0 Å². The molecule has 5 heteroatoms. The topological polar surface area (TPSA) is 0 Å². The first-order valence-corrected chi connectivity index (χ1v) is 8.00. The number of hydrogen-bond acceptors (Lipinski definition) is 2. The maximum atomic E-state index is 6.06. The second kappa shape index (κ2) is 4.88. The van der Waals surface area contributed by atoms with E-state index in [-0.39, 0.29) is 4.83 Å². The third-order valence-electron chi connectivity index (χ3n) is 2.00. The summed E-state index contributed by atoms with van der Waals surface area (Å²) >= 11 is 16.7. The summed E-state index contributed by atoms with van der Waals surface area (Å²) in [5.74, 6) is 0. The van der Waals surface area contributed by atoms with E-state index in [0.717, 1.165) is 14.4 Å². The van der Waals surface area contributed by atoms with Gasteiger partial charge in [0.1, 0.15) is 0 Å². The lowest BCUT2D eigenvalue weighted by molar-refractivity contribution is 1.26. The third-order valence-corrected chi connectivity index (χ3v) is 7.11. The molecule has 2 heterocycles. The number of rotatable bonds is 2. The Morgan fingerprint density at radius 3 is 2.67 bits per heavy atom. The Morgan fingerprint density at radius 1 is 1.47 bits per heavy atom. The zero-order valence-electron chi connectivity index (χ0n) is 7.76. The van der Waals surface area contributed by atoms with E-state index >= 15 is 0 Å². The fraction of sp³-hybridized carbons (Fsp3) is 0.200. The Morgan fingerprint density at radius 2 is 2.20 bits per heavy atom. The maximum absolute atomic E-state index is 6.06. The average molecular weight is 387 g/mol. The van der Waals surface area contributed by atoms with Crippen LogP contribution < -0.4 is 0 Å². The molecule has 0 saturated carbocycles. The molecule has 0 nitrogen and oxygen atoms in total. The van der Waals surface area contributed by atoms with E-state index < -0.39 is 0 Å². The van der Waals surface area contributed by atoms with Gasteiger partial charge in [0.25, 0.3) is 0 Å². The normalized spacial score (nSPS) is 13.1. The van der Waals surface area contributed by atoms with Crippen LogP contribution in [0.3, 0.4) is 0 Å². The first-order valence-electron chi connectivity index (χ1n) is 4.22. The van der Waals surface area contributed by atoms with Crippen molar-refractivity contribution in [2.24, 2.45) is 0 Å². The van der Waals surface area contributed by atoms with E-state index in [4.69, 9.17) is 11.6 Å². The second-order valence-corrected chi connectivity index (χ2v) is 7.50. The van der Waals surface area contributed by atoms with Gasteiger partial charge in [0, 0.05) is 14.2 Å². The monoisotopic (exact) mass is 384 g/mol. The maximum Gasteiger partial charge on any atom is 0.0960 e. The number of thiophene rings is 2. The summed E-state index contributed by atoms with van der Waals surface area (Å²) in [6, 6.07) is 4.20. The van der Waals surface area contributed by atoms with Gasteiger partial charge in [-0.25, -0.2) is 0 Å². The van der Waals surface area contributed by atoms with Gasteiger partial charge in [0.05, 0.1) is 9.16 Å². The minimum Gasteiger partial charge on any atom is -0.146 e. The molecule has 0 bridgehead atoms. The molecular formula is C10H7Br2ClS2. The molecule has 2 rings (SSSR count). The summed E-state index contributed by atoms with van der Waals surface area (Å²) in [6.07, 6.45) is 0. The molecule has 0 N–H and O–H groups in total. The van der Waals surface area contributed by atoms with Crippen molar-refractivity contribution in [3.8, 4) is 0 Å². The predicted octanol–water partition coefficient (Wildman–Crippen LogP) is 6.02. The molecule has 0 aliphatic rings. The smallest absolute Gasteiger partial charge is 0.0960 e. The molecule has 1 unspecified atom stereocenters. The molecule has 0 amide bonds. The van der Waals surface area contributed by atoms with Crippen LogP contribution in [0.2, 0.25) is 4.34 Å². The van der Waals surface area contributed by atoms with Gasteiger partial charge >= 0.3 is 0 Å². The van der Waals surface area contributed by atoms with Crippen molar-refractivity contribution in [2.45, 2.75) is 11.8 Å². The minimum atomic E-state index is 0.239. The van der Waals surface area contributed by atoms with Crippen molar-refractivity contribution in [1.29, 1.82) is 0 Å². The number of hydrogen-bond donors (Lipinski definition) is 0. The van der Waals surface area contributed by atoms with Crippen molar-refractivity contribution in [2.75, 3.05) is 0 Å². The predicted molar refractivity (Wildman–Crippen MR) is 76.9 cm³/mol. The van der Waals surface area contributed by atoms with Gasteiger partial charge in [-0.1, -0.05) is 27.5 Å². The van der Waals surface area contributed by atoms with Crippen LogP contribution >= 0.6 is 66.1 Å². The summed E-state index contributed by atoms with van der Waals surface area (Å²) in [5.41, 5.74) is 1.15. The van der Waals surface area contributed by atoms with Gasteiger partial charge in [-0.05, 0) is 45.9 Å². The summed E-state index contributed by atoms with van der Waals surface area (Å²) in [6.45, 7) is 2.03. The van der Waals surface area contributed by atoms with Crippen molar-refractivity contribution < 1.29 is 0 Å². The Balaban J connectivity index is 2.36. The summed E-state index contributed by atoms with van der Waals surface area (Å²) in [4.78, 5) is 2.77. The van der Waals surface area contributed by atoms with Gasteiger partial charge in [-0.3, -0.25) is 0 Å². The van der Waals surface area contributed by atoms with Gasteiger partial charge in [0.2, 0.25) is 0 Å². The van der Waals surface area contributed by atoms with E-state index in [2.05, 4.69) is 49.4 Å². The Labute approximate surface area is 119 Å². The highest BCUT2D eigenvalue weighted by atomic mass is 79.9. The third kappa shape index (κ3) is 2.50. The average Bonchev–Trinajstić information content (AvgIpc) is 2.74. The number of alkyl halides is 1. The van der Waals surface area contributed by atoms with Gasteiger partial charge in [0.15, 0.2) is 0 Å². The van der Waals surface area contributed by atoms with Crippen LogP contribution in [0.4, 0.5) is 0 Å². The summed E-state index contributed by atoms with van der Waals surface area (Å²) in [5, 5.41) is 2.08. The van der Waals surface area contributed by atoms with Crippen LogP contribution in [-0.4, -0.2) is 0 Å². The van der Waals surface area contributed by atoms with Crippen LogP contribution in [0.5, 0.6) is 0 Å².